The SMILES string of the molecule is CC(C)CC(NC(=O)OCC1c2ccccc2-c2ccccc21)C(=O)NC(CCCNC(=N)N)C(=O)NC(CO)C(=O)NC(C)C(=O)O. The number of carboxylic acid groups (broad SMARTS) is 1. The fraction of sp³-hybridized carbons (Fsp3) is 0.455. The molecule has 4 atom stereocenters. The summed E-state index contributed by atoms with van der Waals surface area (Å²) in [6.45, 7) is 4.34. The first-order valence-electron chi connectivity index (χ1n) is 15.8. The van der Waals surface area contributed by atoms with Crippen LogP contribution in [0.5, 0.6) is 0 Å². The number of carbonyl (C=O) groups excluding carboxylic acids is 4. The fourth-order valence-corrected chi connectivity index (χ4v) is 5.40. The predicted octanol–water partition coefficient (Wildman–Crippen LogP) is 0.754. The van der Waals surface area contributed by atoms with Crippen molar-refractivity contribution in [2.45, 2.75) is 70.1 Å². The molecule has 0 heterocycles. The molecule has 0 spiro atoms. The number of guanidine groups is 1. The third-order valence-corrected chi connectivity index (χ3v) is 7.82. The van der Waals surface area contributed by atoms with Crippen molar-refractivity contribution < 1.29 is 38.9 Å². The highest BCUT2D eigenvalue weighted by Crippen LogP contribution is 2.44. The second kappa shape index (κ2) is 17.7. The van der Waals surface area contributed by atoms with Crippen molar-refractivity contribution in [2.75, 3.05) is 19.8 Å². The summed E-state index contributed by atoms with van der Waals surface area (Å²) in [7, 11) is 0. The Balaban J connectivity index is 1.70. The molecule has 0 fully saturated rings. The minimum absolute atomic E-state index is 0.0303. The van der Waals surface area contributed by atoms with E-state index in [1.165, 1.54) is 6.92 Å². The van der Waals surface area contributed by atoms with E-state index in [9.17, 15) is 29.1 Å². The summed E-state index contributed by atoms with van der Waals surface area (Å²) in [4.78, 5) is 63.5. The zero-order chi connectivity index (χ0) is 35.4. The van der Waals surface area contributed by atoms with E-state index in [4.69, 9.17) is 21.0 Å². The average molecular weight is 668 g/mol. The number of fused-ring (bicyclic) bond motifs is 3. The van der Waals surface area contributed by atoms with Crippen molar-refractivity contribution in [3.05, 3.63) is 59.7 Å². The van der Waals surface area contributed by atoms with Crippen LogP contribution >= 0.6 is 0 Å². The van der Waals surface area contributed by atoms with Gasteiger partial charge in [0.25, 0.3) is 0 Å². The van der Waals surface area contributed by atoms with Crippen LogP contribution in [0.2, 0.25) is 0 Å². The van der Waals surface area contributed by atoms with E-state index >= 15 is 0 Å². The van der Waals surface area contributed by atoms with Gasteiger partial charge in [-0.3, -0.25) is 24.6 Å². The number of aliphatic hydroxyl groups excluding tert-OH is 1. The van der Waals surface area contributed by atoms with Gasteiger partial charge in [0.05, 0.1) is 6.61 Å². The Morgan fingerprint density at radius 3 is 1.92 bits per heavy atom. The summed E-state index contributed by atoms with van der Waals surface area (Å²) >= 11 is 0. The van der Waals surface area contributed by atoms with E-state index in [0.717, 1.165) is 22.3 Å². The predicted molar refractivity (Wildman–Crippen MR) is 177 cm³/mol. The molecule has 0 aliphatic heterocycles. The molecular formula is C33H45N7O8. The summed E-state index contributed by atoms with van der Waals surface area (Å²) < 4.78 is 5.63. The smallest absolute Gasteiger partial charge is 0.407 e. The summed E-state index contributed by atoms with van der Waals surface area (Å²) in [5.41, 5.74) is 9.53. The molecule has 4 unspecified atom stereocenters. The molecule has 0 saturated heterocycles. The van der Waals surface area contributed by atoms with Crippen molar-refractivity contribution in [3.8, 4) is 11.1 Å². The van der Waals surface area contributed by atoms with E-state index in [1.807, 2.05) is 62.4 Å². The Bertz CT molecular complexity index is 1440. The molecule has 0 radical (unpaired) electrons. The van der Waals surface area contributed by atoms with Crippen LogP contribution in [-0.4, -0.2) is 89.9 Å². The molecule has 48 heavy (non-hydrogen) atoms. The molecule has 4 amide bonds. The first-order chi connectivity index (χ1) is 22.8. The number of ether oxygens (including phenoxy) is 1. The third-order valence-electron chi connectivity index (χ3n) is 7.82. The first kappa shape index (κ1) is 37.3. The van der Waals surface area contributed by atoms with Crippen LogP contribution in [0.4, 0.5) is 4.79 Å². The van der Waals surface area contributed by atoms with E-state index in [1.54, 1.807) is 0 Å². The van der Waals surface area contributed by atoms with Gasteiger partial charge in [0, 0.05) is 12.5 Å². The van der Waals surface area contributed by atoms with Crippen molar-refractivity contribution in [3.63, 3.8) is 0 Å². The number of carboxylic acids is 1. The van der Waals surface area contributed by atoms with E-state index in [-0.39, 0.29) is 50.2 Å². The Hall–Kier alpha value is -5.18. The molecule has 2 aromatic rings. The van der Waals surface area contributed by atoms with Gasteiger partial charge in [-0.1, -0.05) is 62.4 Å². The standard InChI is InChI=1S/C33H45N7O8/c1-18(2)15-26(40-33(47)48-17-24-22-11-6-4-9-20(22)21-10-5-7-12-23(21)24)29(43)38-25(13-8-14-36-32(34)35)28(42)39-27(16-41)30(44)37-19(3)31(45)46/h4-7,9-12,18-19,24-27,41H,8,13-17H2,1-3H3,(H,37,44)(H,38,43)(H,39,42)(H,40,47)(H,45,46)(H4,34,35,36). The maximum atomic E-state index is 13.5. The highest BCUT2D eigenvalue weighted by molar-refractivity contribution is 5.94. The van der Waals surface area contributed by atoms with Crippen LogP contribution < -0.4 is 32.3 Å². The van der Waals surface area contributed by atoms with Gasteiger partial charge in [-0.05, 0) is 54.4 Å². The second-order valence-electron chi connectivity index (χ2n) is 12.0. The van der Waals surface area contributed by atoms with Gasteiger partial charge in [0.2, 0.25) is 17.7 Å². The maximum absolute atomic E-state index is 13.5. The average Bonchev–Trinajstić information content (AvgIpc) is 3.36. The lowest BCUT2D eigenvalue weighted by atomic mass is 9.98. The van der Waals surface area contributed by atoms with Crippen molar-refractivity contribution in [1.29, 1.82) is 5.41 Å². The largest absolute Gasteiger partial charge is 0.480 e. The minimum atomic E-state index is -1.50. The lowest BCUT2D eigenvalue weighted by molar-refractivity contribution is -0.142. The Morgan fingerprint density at radius 1 is 0.833 bits per heavy atom. The number of nitrogens with two attached hydrogens (primary N) is 1. The summed E-state index contributed by atoms with van der Waals surface area (Å²) in [6.07, 6.45) is -0.305. The Labute approximate surface area is 278 Å². The van der Waals surface area contributed by atoms with Crippen molar-refractivity contribution in [2.24, 2.45) is 11.7 Å². The number of alkyl carbamates (subject to hydrolysis) is 1. The molecule has 1 aliphatic rings. The van der Waals surface area contributed by atoms with Crippen molar-refractivity contribution in [1.82, 2.24) is 26.6 Å². The van der Waals surface area contributed by atoms with Gasteiger partial charge in [0.15, 0.2) is 5.96 Å². The van der Waals surface area contributed by atoms with Crippen LogP contribution in [0.1, 0.15) is 57.1 Å². The number of benzene rings is 2. The number of aliphatic carboxylic acids is 1. The topological polar surface area (TPSA) is 245 Å². The second-order valence-corrected chi connectivity index (χ2v) is 12.0. The minimum Gasteiger partial charge on any atom is -0.480 e. The first-order valence-corrected chi connectivity index (χ1v) is 15.8. The molecule has 0 aromatic heterocycles. The van der Waals surface area contributed by atoms with Crippen LogP contribution in [0.15, 0.2) is 48.5 Å². The van der Waals surface area contributed by atoms with E-state index < -0.39 is 60.6 Å². The molecule has 15 heteroatoms. The zero-order valence-electron chi connectivity index (χ0n) is 27.2. The number of hydrogen-bond donors (Lipinski definition) is 9. The van der Waals surface area contributed by atoms with Gasteiger partial charge in [-0.15, -0.1) is 0 Å². The normalized spacial score (nSPS) is 14.4. The molecule has 0 bridgehead atoms. The molecule has 3 rings (SSSR count). The molecule has 2 aromatic carbocycles. The summed E-state index contributed by atoms with van der Waals surface area (Å²) in [5, 5.41) is 38.5. The Kier molecular flexibility index (Phi) is 13.7. The van der Waals surface area contributed by atoms with E-state index in [0.29, 0.717) is 0 Å². The zero-order valence-corrected chi connectivity index (χ0v) is 27.2. The van der Waals surface area contributed by atoms with Crippen LogP contribution in [0.25, 0.3) is 11.1 Å². The van der Waals surface area contributed by atoms with Crippen LogP contribution in [0.3, 0.4) is 0 Å². The lowest BCUT2D eigenvalue weighted by Crippen LogP contribution is -2.58. The maximum Gasteiger partial charge on any atom is 0.407 e. The number of aliphatic hydroxyl groups is 1. The quantitative estimate of drug-likeness (QED) is 0.0651. The number of nitrogens with one attached hydrogen (secondary N) is 6. The van der Waals surface area contributed by atoms with Crippen molar-refractivity contribution >= 4 is 35.7 Å². The molecule has 260 valence electrons. The highest BCUT2D eigenvalue weighted by Gasteiger charge is 2.32. The van der Waals surface area contributed by atoms with Gasteiger partial charge in [-0.25, -0.2) is 4.79 Å². The van der Waals surface area contributed by atoms with Gasteiger partial charge >= 0.3 is 12.1 Å². The molecule has 10 N–H and O–H groups in total. The summed E-state index contributed by atoms with van der Waals surface area (Å²) in [6, 6.07) is 10.7. The van der Waals surface area contributed by atoms with E-state index in [2.05, 4.69) is 26.6 Å². The molecular weight excluding hydrogens is 622 g/mol. The van der Waals surface area contributed by atoms with Gasteiger partial charge in [0.1, 0.15) is 30.8 Å². The lowest BCUT2D eigenvalue weighted by Gasteiger charge is -2.26. The number of rotatable bonds is 17. The number of amides is 4. The van der Waals surface area contributed by atoms with Crippen LogP contribution in [-0.2, 0) is 23.9 Å². The monoisotopic (exact) mass is 667 g/mol. The molecule has 1 aliphatic carbocycles. The van der Waals surface area contributed by atoms with Crippen LogP contribution in [0, 0.1) is 11.3 Å². The van der Waals surface area contributed by atoms with Gasteiger partial charge in [-0.2, -0.15) is 0 Å². The molecule has 15 nitrogen and oxygen atoms in total. The third kappa shape index (κ3) is 10.4. The highest BCUT2D eigenvalue weighted by atomic mass is 16.5. The number of hydrogen-bond acceptors (Lipinski definition) is 8. The van der Waals surface area contributed by atoms with Gasteiger partial charge < -0.3 is 47.3 Å². The summed E-state index contributed by atoms with van der Waals surface area (Å²) in [5.74, 6) is -4.26. The molecule has 0 saturated carbocycles. The Morgan fingerprint density at radius 2 is 1.38 bits per heavy atom. The fourth-order valence-electron chi connectivity index (χ4n) is 5.40. The number of carbonyl (C=O) groups is 5.